The van der Waals surface area contributed by atoms with Crippen molar-refractivity contribution in [3.63, 3.8) is 0 Å². The molecule has 8 heteroatoms. The van der Waals surface area contributed by atoms with Gasteiger partial charge < -0.3 is 0 Å². The minimum atomic E-state index is -3.69. The summed E-state index contributed by atoms with van der Waals surface area (Å²) in [5.41, 5.74) is 0.229. The first kappa shape index (κ1) is 14.1. The molecule has 0 amide bonds. The van der Waals surface area contributed by atoms with Gasteiger partial charge in [0.15, 0.2) is 0 Å². The van der Waals surface area contributed by atoms with E-state index in [9.17, 15) is 18.5 Å². The Bertz CT molecular complexity index is 530. The summed E-state index contributed by atoms with van der Waals surface area (Å²) in [6.07, 6.45) is 0. The van der Waals surface area contributed by atoms with E-state index in [1.807, 2.05) is 0 Å². The molecule has 1 rings (SSSR count). The highest BCUT2D eigenvalue weighted by atomic mass is 79.9. The first-order valence-electron chi connectivity index (χ1n) is 4.69. The van der Waals surface area contributed by atoms with Gasteiger partial charge >= 0.3 is 0 Å². The van der Waals surface area contributed by atoms with Gasteiger partial charge in [-0.05, 0) is 12.5 Å². The largest absolute Gasteiger partial charge is 0.270 e. The van der Waals surface area contributed by atoms with Crippen molar-refractivity contribution in [2.75, 3.05) is 11.9 Å². The van der Waals surface area contributed by atoms with Crippen molar-refractivity contribution in [2.45, 2.75) is 11.8 Å². The number of nitrogens with one attached hydrogen (secondary N) is 1. The normalized spacial score (nSPS) is 11.4. The zero-order chi connectivity index (χ0) is 13.1. The summed E-state index contributed by atoms with van der Waals surface area (Å²) in [7, 11) is -3.69. The lowest BCUT2D eigenvalue weighted by Crippen LogP contribution is -2.26. The van der Waals surface area contributed by atoms with Gasteiger partial charge in [0.25, 0.3) is 5.69 Å². The van der Waals surface area contributed by atoms with Crippen LogP contribution in [-0.2, 0) is 10.0 Å². The maximum Gasteiger partial charge on any atom is 0.270 e. The van der Waals surface area contributed by atoms with Crippen LogP contribution in [0, 0.1) is 17.0 Å². The van der Waals surface area contributed by atoms with Crippen molar-refractivity contribution < 1.29 is 13.3 Å². The van der Waals surface area contributed by atoms with Crippen molar-refractivity contribution >= 4 is 31.6 Å². The van der Waals surface area contributed by atoms with E-state index in [2.05, 4.69) is 20.7 Å². The quantitative estimate of drug-likeness (QED) is 0.506. The Balaban J connectivity index is 3.20. The second-order valence-electron chi connectivity index (χ2n) is 3.29. The third-order valence-electron chi connectivity index (χ3n) is 2.06. The van der Waals surface area contributed by atoms with Crippen molar-refractivity contribution in [1.29, 1.82) is 0 Å². The Morgan fingerprint density at radius 2 is 2.12 bits per heavy atom. The van der Waals surface area contributed by atoms with Crippen LogP contribution in [0.25, 0.3) is 0 Å². The van der Waals surface area contributed by atoms with E-state index in [-0.39, 0.29) is 17.1 Å². The van der Waals surface area contributed by atoms with Crippen LogP contribution in [0.1, 0.15) is 5.56 Å². The van der Waals surface area contributed by atoms with Crippen molar-refractivity contribution in [3.8, 4) is 0 Å². The van der Waals surface area contributed by atoms with E-state index in [4.69, 9.17) is 0 Å². The van der Waals surface area contributed by atoms with Gasteiger partial charge in [0.1, 0.15) is 0 Å². The predicted molar refractivity (Wildman–Crippen MR) is 66.8 cm³/mol. The molecule has 0 spiro atoms. The smallest absolute Gasteiger partial charge is 0.258 e. The monoisotopic (exact) mass is 322 g/mol. The third kappa shape index (κ3) is 3.48. The molecule has 0 atom stereocenters. The number of nitrogens with zero attached hydrogens (tertiary/aromatic N) is 1. The molecule has 0 aliphatic heterocycles. The highest BCUT2D eigenvalue weighted by Crippen LogP contribution is 2.21. The Kier molecular flexibility index (Phi) is 4.61. The molecule has 1 aromatic rings. The summed E-state index contributed by atoms with van der Waals surface area (Å²) in [4.78, 5) is 9.90. The van der Waals surface area contributed by atoms with Crippen LogP contribution >= 0.6 is 15.9 Å². The molecule has 0 fully saturated rings. The number of aryl methyl sites for hydroxylation is 1. The fourth-order valence-electron chi connectivity index (χ4n) is 1.24. The topological polar surface area (TPSA) is 89.3 Å². The predicted octanol–water partition coefficient (Wildman–Crippen LogP) is 1.58. The molecule has 6 nitrogen and oxygen atoms in total. The number of non-ortho nitro benzene ring substituents is 1. The summed E-state index contributed by atoms with van der Waals surface area (Å²) in [6, 6.07) is 3.76. The molecule has 17 heavy (non-hydrogen) atoms. The van der Waals surface area contributed by atoms with Gasteiger partial charge in [-0.2, -0.15) is 0 Å². The average Bonchev–Trinajstić information content (AvgIpc) is 2.26. The summed E-state index contributed by atoms with van der Waals surface area (Å²) < 4.78 is 26.0. The van der Waals surface area contributed by atoms with Crippen LogP contribution in [-0.4, -0.2) is 25.2 Å². The number of nitro groups is 1. The lowest BCUT2D eigenvalue weighted by Gasteiger charge is -2.07. The van der Waals surface area contributed by atoms with Crippen LogP contribution in [0.4, 0.5) is 5.69 Å². The highest BCUT2D eigenvalue weighted by molar-refractivity contribution is 9.09. The van der Waals surface area contributed by atoms with E-state index in [1.165, 1.54) is 12.1 Å². The highest BCUT2D eigenvalue weighted by Gasteiger charge is 2.19. The Hall–Kier alpha value is -0.990. The lowest BCUT2D eigenvalue weighted by molar-refractivity contribution is -0.385. The molecular formula is C9H11BrN2O4S. The minimum absolute atomic E-state index is 0.0624. The zero-order valence-electron chi connectivity index (χ0n) is 9.01. The van der Waals surface area contributed by atoms with Crippen LogP contribution in [0.2, 0.25) is 0 Å². The second-order valence-corrected chi connectivity index (χ2v) is 5.82. The second kappa shape index (κ2) is 5.56. The Morgan fingerprint density at radius 3 is 2.65 bits per heavy atom. The fraction of sp³-hybridized carbons (Fsp3) is 0.333. The molecule has 0 aliphatic rings. The molecule has 1 N–H and O–H groups in total. The van der Waals surface area contributed by atoms with E-state index < -0.39 is 14.9 Å². The van der Waals surface area contributed by atoms with Gasteiger partial charge in [-0.1, -0.05) is 22.0 Å². The molecule has 0 saturated heterocycles. The summed E-state index contributed by atoms with van der Waals surface area (Å²) in [5, 5.41) is 11.1. The summed E-state index contributed by atoms with van der Waals surface area (Å²) in [5.74, 6) is 0. The number of hydrogen-bond donors (Lipinski definition) is 1. The Morgan fingerprint density at radius 1 is 1.47 bits per heavy atom. The maximum atomic E-state index is 11.8. The lowest BCUT2D eigenvalue weighted by atomic mass is 10.2. The molecule has 0 aromatic heterocycles. The van der Waals surface area contributed by atoms with Crippen LogP contribution in [0.15, 0.2) is 23.1 Å². The first-order valence-corrected chi connectivity index (χ1v) is 7.29. The molecule has 0 heterocycles. The number of nitro benzene ring substituents is 1. The van der Waals surface area contributed by atoms with Gasteiger partial charge in [0.05, 0.1) is 9.82 Å². The zero-order valence-corrected chi connectivity index (χ0v) is 11.4. The number of benzene rings is 1. The van der Waals surface area contributed by atoms with Gasteiger partial charge in [0.2, 0.25) is 10.0 Å². The molecule has 94 valence electrons. The summed E-state index contributed by atoms with van der Waals surface area (Å²) in [6.45, 7) is 1.82. The van der Waals surface area contributed by atoms with Crippen molar-refractivity contribution in [1.82, 2.24) is 4.72 Å². The number of rotatable bonds is 5. The standard InChI is InChI=1S/C9H11BrN2O4S/c1-7-2-3-8(12(13)14)6-9(7)17(15,16)11-5-4-10/h2-3,6,11H,4-5H2,1H3. The molecular weight excluding hydrogens is 312 g/mol. The molecule has 0 unspecified atom stereocenters. The third-order valence-corrected chi connectivity index (χ3v) is 4.06. The average molecular weight is 323 g/mol. The van der Waals surface area contributed by atoms with Gasteiger partial charge in [-0.3, -0.25) is 10.1 Å². The van der Waals surface area contributed by atoms with Crippen LogP contribution < -0.4 is 4.72 Å². The molecule has 1 aromatic carbocycles. The van der Waals surface area contributed by atoms with Crippen molar-refractivity contribution in [2.24, 2.45) is 0 Å². The van der Waals surface area contributed by atoms with E-state index >= 15 is 0 Å². The van der Waals surface area contributed by atoms with E-state index in [0.717, 1.165) is 6.07 Å². The SMILES string of the molecule is Cc1ccc([N+](=O)[O-])cc1S(=O)(=O)NCCBr. The number of halogens is 1. The number of hydrogen-bond acceptors (Lipinski definition) is 4. The molecule has 0 saturated carbocycles. The van der Waals surface area contributed by atoms with Gasteiger partial charge in [-0.15, -0.1) is 0 Å². The van der Waals surface area contributed by atoms with E-state index in [0.29, 0.717) is 10.9 Å². The Labute approximate surface area is 107 Å². The summed E-state index contributed by atoms with van der Waals surface area (Å²) >= 11 is 3.10. The van der Waals surface area contributed by atoms with Crippen LogP contribution in [0.5, 0.6) is 0 Å². The number of alkyl halides is 1. The first-order chi connectivity index (χ1) is 7.88. The molecule has 0 bridgehead atoms. The van der Waals surface area contributed by atoms with Crippen molar-refractivity contribution in [3.05, 3.63) is 33.9 Å². The number of sulfonamides is 1. The van der Waals surface area contributed by atoms with E-state index in [1.54, 1.807) is 6.92 Å². The van der Waals surface area contributed by atoms with Gasteiger partial charge in [0, 0.05) is 24.0 Å². The molecule has 0 aliphatic carbocycles. The van der Waals surface area contributed by atoms with Crippen LogP contribution in [0.3, 0.4) is 0 Å². The molecule has 0 radical (unpaired) electrons. The van der Waals surface area contributed by atoms with Gasteiger partial charge in [-0.25, -0.2) is 13.1 Å². The minimum Gasteiger partial charge on any atom is -0.258 e. The maximum absolute atomic E-state index is 11.8. The fourth-order valence-corrected chi connectivity index (χ4v) is 3.00.